The summed E-state index contributed by atoms with van der Waals surface area (Å²) in [6.07, 6.45) is 26.5. The molecule has 0 bridgehead atoms. The van der Waals surface area contributed by atoms with Crippen molar-refractivity contribution in [2.45, 2.75) is 64.7 Å². The first-order valence-electron chi connectivity index (χ1n) is 9.76. The van der Waals surface area contributed by atoms with Crippen LogP contribution in [0.5, 0.6) is 0 Å². The highest BCUT2D eigenvalue weighted by molar-refractivity contribution is 5.95. The number of carbonyl (C=O) groups excluding carboxylic acids is 2. The first-order chi connectivity index (χ1) is 13.6. The van der Waals surface area contributed by atoms with E-state index < -0.39 is 24.3 Å². The molecule has 0 aromatic heterocycles. The predicted octanol–water partition coefficient (Wildman–Crippen LogP) is 5.45. The van der Waals surface area contributed by atoms with Crippen LogP contribution in [-0.4, -0.2) is 23.0 Å². The van der Waals surface area contributed by atoms with E-state index in [1.807, 2.05) is 12.2 Å². The molecular weight excluding hydrogens is 356 g/mol. The minimum absolute atomic E-state index is 0.0969. The summed E-state index contributed by atoms with van der Waals surface area (Å²) in [6.45, 7) is 2.13. The summed E-state index contributed by atoms with van der Waals surface area (Å²) in [4.78, 5) is 32.6. The number of ether oxygens (including phenoxy) is 1. The molecule has 0 aliphatic carbocycles. The van der Waals surface area contributed by atoms with E-state index >= 15 is 0 Å². The first kappa shape index (κ1) is 25.3. The summed E-state index contributed by atoms with van der Waals surface area (Å²) in [5.74, 6) is -3.01. The minimum atomic E-state index is -1.31. The molecule has 0 heterocycles. The number of esters is 2. The molecule has 0 spiro atoms. The molecule has 0 amide bonds. The van der Waals surface area contributed by atoms with Gasteiger partial charge >= 0.3 is 17.9 Å². The van der Waals surface area contributed by atoms with Crippen molar-refractivity contribution in [2.75, 3.05) is 0 Å². The zero-order chi connectivity index (χ0) is 20.9. The Bertz CT molecular complexity index is 594. The van der Waals surface area contributed by atoms with Gasteiger partial charge in [0.15, 0.2) is 0 Å². The highest BCUT2D eigenvalue weighted by atomic mass is 16.6. The first-order valence-corrected chi connectivity index (χ1v) is 9.76. The lowest BCUT2D eigenvalue weighted by atomic mass is 10.2. The molecule has 0 unspecified atom stereocenters. The average molecular weight is 389 g/mol. The highest BCUT2D eigenvalue weighted by Gasteiger charge is 2.13. The lowest BCUT2D eigenvalue weighted by molar-refractivity contribution is -0.161. The van der Waals surface area contributed by atoms with Crippen molar-refractivity contribution in [3.63, 3.8) is 0 Å². The standard InChI is InChI=1S/C23H32O5/c1-2-3-4-5-6-7-8-9-10-11-12-13-14-15-16-17-18-19-22(26)28-23(27)20-21(24)25/h3-4,6-7,9-10,12-13,15-16H,2,5,8,11,14,17-20H2,1H3,(H,24,25)/b4-3-,7-6-,10-9-,13-12-,16-15-. The third-order valence-electron chi connectivity index (χ3n) is 3.43. The molecule has 154 valence electrons. The van der Waals surface area contributed by atoms with Gasteiger partial charge in [-0.3, -0.25) is 14.4 Å². The van der Waals surface area contributed by atoms with Crippen LogP contribution in [0.4, 0.5) is 0 Å². The number of aliphatic carboxylic acids is 1. The lowest BCUT2D eigenvalue weighted by Gasteiger charge is -1.99. The second-order valence-electron chi connectivity index (χ2n) is 6.02. The molecule has 0 saturated carbocycles. The van der Waals surface area contributed by atoms with Crippen LogP contribution in [0.2, 0.25) is 0 Å². The van der Waals surface area contributed by atoms with Gasteiger partial charge < -0.3 is 9.84 Å². The van der Waals surface area contributed by atoms with E-state index in [2.05, 4.69) is 60.3 Å². The highest BCUT2D eigenvalue weighted by Crippen LogP contribution is 2.02. The monoisotopic (exact) mass is 388 g/mol. The van der Waals surface area contributed by atoms with E-state index in [-0.39, 0.29) is 6.42 Å². The van der Waals surface area contributed by atoms with Crippen LogP contribution < -0.4 is 0 Å². The Morgan fingerprint density at radius 2 is 1.18 bits per heavy atom. The summed E-state index contributed by atoms with van der Waals surface area (Å²) in [7, 11) is 0. The van der Waals surface area contributed by atoms with Crippen LogP contribution in [0, 0.1) is 0 Å². The average Bonchev–Trinajstić information content (AvgIpc) is 2.63. The quantitative estimate of drug-likeness (QED) is 0.174. The Hall–Kier alpha value is -2.69. The zero-order valence-corrected chi connectivity index (χ0v) is 16.7. The Balaban J connectivity index is 3.62. The number of rotatable bonds is 15. The van der Waals surface area contributed by atoms with E-state index in [0.717, 1.165) is 32.1 Å². The number of hydrogen-bond acceptors (Lipinski definition) is 4. The fourth-order valence-corrected chi connectivity index (χ4v) is 2.07. The molecular formula is C23H32O5. The number of unbranched alkanes of at least 4 members (excludes halogenated alkanes) is 1. The Morgan fingerprint density at radius 3 is 1.64 bits per heavy atom. The van der Waals surface area contributed by atoms with Crippen LogP contribution >= 0.6 is 0 Å². The van der Waals surface area contributed by atoms with Gasteiger partial charge in [0.05, 0.1) is 0 Å². The summed E-state index contributed by atoms with van der Waals surface area (Å²) in [6, 6.07) is 0. The third-order valence-corrected chi connectivity index (χ3v) is 3.43. The van der Waals surface area contributed by atoms with Crippen molar-refractivity contribution in [3.05, 3.63) is 60.8 Å². The summed E-state index contributed by atoms with van der Waals surface area (Å²) in [5, 5.41) is 8.39. The molecule has 0 rings (SSSR count). The molecule has 0 fully saturated rings. The summed E-state index contributed by atoms with van der Waals surface area (Å²) >= 11 is 0. The van der Waals surface area contributed by atoms with Gasteiger partial charge in [0, 0.05) is 6.42 Å². The van der Waals surface area contributed by atoms with Gasteiger partial charge in [-0.25, -0.2) is 0 Å². The Labute approximate surface area is 168 Å². The van der Waals surface area contributed by atoms with Crippen molar-refractivity contribution in [1.29, 1.82) is 0 Å². The van der Waals surface area contributed by atoms with Crippen molar-refractivity contribution >= 4 is 17.9 Å². The molecule has 28 heavy (non-hydrogen) atoms. The third kappa shape index (κ3) is 19.6. The van der Waals surface area contributed by atoms with Crippen LogP contribution in [-0.2, 0) is 19.1 Å². The van der Waals surface area contributed by atoms with Crippen molar-refractivity contribution in [2.24, 2.45) is 0 Å². The number of allylic oxidation sites excluding steroid dienone is 10. The molecule has 0 aromatic carbocycles. The van der Waals surface area contributed by atoms with E-state index in [1.54, 1.807) is 0 Å². The van der Waals surface area contributed by atoms with Gasteiger partial charge in [0.25, 0.3) is 0 Å². The number of carboxylic acids is 1. The summed E-state index contributed by atoms with van der Waals surface area (Å²) in [5.41, 5.74) is 0. The maximum Gasteiger partial charge on any atom is 0.324 e. The maximum atomic E-state index is 11.3. The van der Waals surface area contributed by atoms with Gasteiger partial charge in [-0.1, -0.05) is 67.7 Å². The number of carboxylic acid groups (broad SMARTS) is 1. The largest absolute Gasteiger partial charge is 0.481 e. The molecule has 0 aliphatic heterocycles. The van der Waals surface area contributed by atoms with Gasteiger partial charge in [0.2, 0.25) is 0 Å². The Morgan fingerprint density at radius 1 is 0.714 bits per heavy atom. The van der Waals surface area contributed by atoms with E-state index in [0.29, 0.717) is 12.8 Å². The topological polar surface area (TPSA) is 80.7 Å². The van der Waals surface area contributed by atoms with Crippen molar-refractivity contribution in [1.82, 2.24) is 0 Å². The molecule has 0 radical (unpaired) electrons. The van der Waals surface area contributed by atoms with E-state index in [1.165, 1.54) is 0 Å². The molecule has 5 nitrogen and oxygen atoms in total. The maximum absolute atomic E-state index is 11.3. The molecule has 1 N–H and O–H groups in total. The molecule has 0 saturated heterocycles. The Kier molecular flexibility index (Phi) is 17.2. The fourth-order valence-electron chi connectivity index (χ4n) is 2.07. The normalized spacial score (nSPS) is 12.2. The second kappa shape index (κ2) is 19.1. The fraction of sp³-hybridized carbons (Fsp3) is 0.435. The van der Waals surface area contributed by atoms with Crippen LogP contribution in [0.25, 0.3) is 0 Å². The SMILES string of the molecule is CC/C=C\C/C=C\C/C=C\C/C=C\C/C=C\CCCC(=O)OC(=O)CC(=O)O. The van der Waals surface area contributed by atoms with Crippen LogP contribution in [0.1, 0.15) is 64.7 Å². The van der Waals surface area contributed by atoms with E-state index in [9.17, 15) is 14.4 Å². The van der Waals surface area contributed by atoms with Gasteiger partial charge in [-0.15, -0.1) is 0 Å². The molecule has 5 heteroatoms. The van der Waals surface area contributed by atoms with Gasteiger partial charge in [-0.2, -0.15) is 0 Å². The lowest BCUT2D eigenvalue weighted by Crippen LogP contribution is -2.15. The summed E-state index contributed by atoms with van der Waals surface area (Å²) < 4.78 is 4.38. The molecule has 0 atom stereocenters. The smallest absolute Gasteiger partial charge is 0.324 e. The predicted molar refractivity (Wildman–Crippen MR) is 112 cm³/mol. The zero-order valence-electron chi connectivity index (χ0n) is 16.7. The number of carbonyl (C=O) groups is 3. The number of hydrogen-bond donors (Lipinski definition) is 1. The van der Waals surface area contributed by atoms with Gasteiger partial charge in [-0.05, 0) is 44.9 Å². The van der Waals surface area contributed by atoms with Gasteiger partial charge in [0.1, 0.15) is 6.42 Å². The van der Waals surface area contributed by atoms with Crippen molar-refractivity contribution in [3.8, 4) is 0 Å². The van der Waals surface area contributed by atoms with Crippen LogP contribution in [0.15, 0.2) is 60.8 Å². The molecule has 0 aliphatic rings. The van der Waals surface area contributed by atoms with E-state index in [4.69, 9.17) is 5.11 Å². The second-order valence-corrected chi connectivity index (χ2v) is 6.02. The minimum Gasteiger partial charge on any atom is -0.481 e. The van der Waals surface area contributed by atoms with Crippen molar-refractivity contribution < 1.29 is 24.2 Å². The molecule has 0 aromatic rings. The van der Waals surface area contributed by atoms with Crippen LogP contribution in [0.3, 0.4) is 0 Å².